The number of ketones is 1. The minimum Gasteiger partial charge on any atom is -0.507 e. The smallest absolute Gasteiger partial charge is 0.312 e. The summed E-state index contributed by atoms with van der Waals surface area (Å²) in [5.41, 5.74) is -0.103. The van der Waals surface area contributed by atoms with Gasteiger partial charge in [-0.2, -0.15) is 0 Å². The summed E-state index contributed by atoms with van der Waals surface area (Å²) in [7, 11) is 1.47. The second kappa shape index (κ2) is 18.1. The number of benzene rings is 2. The molecular weight excluding hydrogens is 797 g/mol. The predicted molar refractivity (Wildman–Crippen MR) is 232 cm³/mol. The highest BCUT2D eigenvalue weighted by Gasteiger charge is 2.51. The number of fused-ring (bicyclic) bond motifs is 1. The quantitative estimate of drug-likeness (QED) is 0.195. The third-order valence-corrected chi connectivity index (χ3v) is 13.3. The average molecular weight is 861 g/mol. The van der Waals surface area contributed by atoms with Crippen molar-refractivity contribution in [2.75, 3.05) is 32.1 Å². The molecule has 15 heteroatoms. The second-order valence-corrected chi connectivity index (χ2v) is 18.3. The Bertz CT molecular complexity index is 2310. The van der Waals surface area contributed by atoms with Crippen LogP contribution in [0, 0.1) is 36.5 Å². The van der Waals surface area contributed by atoms with Crippen molar-refractivity contribution in [1.29, 1.82) is 0 Å². The van der Waals surface area contributed by atoms with Gasteiger partial charge in [0.1, 0.15) is 34.0 Å². The van der Waals surface area contributed by atoms with Crippen molar-refractivity contribution in [2.45, 2.75) is 124 Å². The van der Waals surface area contributed by atoms with E-state index in [-0.39, 0.29) is 49.7 Å². The number of aromatic hydroxyl groups is 2. The molecule has 1 amide bonds. The molecule has 4 heterocycles. The number of methoxy groups -OCH3 is 1. The number of rotatable bonds is 5. The molecule has 9 atom stereocenters. The molecule has 4 aliphatic heterocycles. The van der Waals surface area contributed by atoms with Crippen LogP contribution in [0.25, 0.3) is 10.8 Å². The van der Waals surface area contributed by atoms with E-state index in [0.717, 1.165) is 26.1 Å². The number of hydrogen-bond acceptors (Lipinski definition) is 14. The van der Waals surface area contributed by atoms with Crippen LogP contribution in [0.1, 0.15) is 97.5 Å². The van der Waals surface area contributed by atoms with Crippen LogP contribution in [-0.4, -0.2) is 106 Å². The number of hydrogen-bond donors (Lipinski definition) is 5. The van der Waals surface area contributed by atoms with E-state index in [9.17, 15) is 34.8 Å². The van der Waals surface area contributed by atoms with Gasteiger partial charge in [-0.25, -0.2) is 4.99 Å². The fourth-order valence-electron chi connectivity index (χ4n) is 9.20. The Balaban J connectivity index is 1.54. The van der Waals surface area contributed by atoms with Gasteiger partial charge in [0.15, 0.2) is 5.75 Å². The Hall–Kier alpha value is -4.83. The number of phenolic OH excluding ortho intramolecular Hbond substituents is 2. The van der Waals surface area contributed by atoms with E-state index in [4.69, 9.17) is 23.9 Å². The highest BCUT2D eigenvalue weighted by molar-refractivity contribution is 6.21. The number of Topliss-reactive ketones (excluding diaryl/α,β-unsaturated/α-hetero) is 1. The second-order valence-electron chi connectivity index (χ2n) is 18.3. The largest absolute Gasteiger partial charge is 0.507 e. The summed E-state index contributed by atoms with van der Waals surface area (Å²) in [5, 5.41) is 50.6. The highest BCUT2D eigenvalue weighted by Crippen LogP contribution is 2.51. The van der Waals surface area contributed by atoms with E-state index >= 15 is 0 Å². The van der Waals surface area contributed by atoms with Crippen LogP contribution in [0.4, 0.5) is 5.69 Å². The third kappa shape index (κ3) is 8.73. The number of allylic oxidation sites excluding steroid dienone is 2. The molecule has 5 N–H and O–H groups in total. The van der Waals surface area contributed by atoms with Gasteiger partial charge in [0.2, 0.25) is 0 Å². The zero-order valence-corrected chi connectivity index (χ0v) is 37.8. The molecule has 4 aliphatic rings. The molecule has 2 aromatic rings. The summed E-state index contributed by atoms with van der Waals surface area (Å²) in [6, 6.07) is 0. The molecule has 6 rings (SSSR count). The molecule has 4 bridgehead atoms. The summed E-state index contributed by atoms with van der Waals surface area (Å²) in [6.07, 6.45) is 6.14. The highest BCUT2D eigenvalue weighted by atomic mass is 16.7. The van der Waals surface area contributed by atoms with Gasteiger partial charge in [-0.15, -0.1) is 0 Å². The number of esters is 1. The maximum absolute atomic E-state index is 14.7. The maximum atomic E-state index is 14.7. The maximum Gasteiger partial charge on any atom is 0.312 e. The summed E-state index contributed by atoms with van der Waals surface area (Å²) >= 11 is 0. The van der Waals surface area contributed by atoms with Crippen molar-refractivity contribution >= 4 is 34.1 Å². The minimum absolute atomic E-state index is 0.0558. The van der Waals surface area contributed by atoms with Crippen LogP contribution in [-0.2, 0) is 23.8 Å². The van der Waals surface area contributed by atoms with Crippen LogP contribution < -0.4 is 20.8 Å². The molecule has 1 spiro atoms. The Morgan fingerprint density at radius 3 is 2.29 bits per heavy atom. The molecule has 0 saturated carbocycles. The standard InChI is InChI=1S/C47H64N4O11/c1-23(2)15-19-51-20-17-47(18-21-51)49-35-32-33-40(55)29(8)43-34(32)44(57)46(10,62-43)60-22-16-31(59-11)26(5)42(61-30(9)52)28(7)39(54)27(6)38(53)24(3)13-12-14-25(4)45(58)48-37(41(33)56)36(35)50-47/h12-14,16,22-24,26-28,31,38-39,42,49,53-56H,15,17-21H2,1-11H3/b13-12-,22-16?,25-14-,48-37?. The molecule has 9 unspecified atom stereocenters. The van der Waals surface area contributed by atoms with E-state index < -0.39 is 82.9 Å². The molecule has 0 aromatic heterocycles. The summed E-state index contributed by atoms with van der Waals surface area (Å²) < 4.78 is 24.0. The normalized spacial score (nSPS) is 31.8. The first-order valence-electron chi connectivity index (χ1n) is 21.7. The monoisotopic (exact) mass is 860 g/mol. The van der Waals surface area contributed by atoms with Crippen LogP contribution in [0.2, 0.25) is 0 Å². The summed E-state index contributed by atoms with van der Waals surface area (Å²) in [4.78, 5) is 53.0. The van der Waals surface area contributed by atoms with Gasteiger partial charge >= 0.3 is 11.8 Å². The van der Waals surface area contributed by atoms with Crippen LogP contribution in [0.5, 0.6) is 17.2 Å². The topological polar surface area (TPSA) is 209 Å². The number of aliphatic hydroxyl groups excluding tert-OH is 2. The molecule has 15 nitrogen and oxygen atoms in total. The Kier molecular flexibility index (Phi) is 13.6. The number of piperidine rings is 1. The first kappa shape index (κ1) is 46.7. The average Bonchev–Trinajstić information content (AvgIpc) is 3.73. The molecule has 0 radical (unpaired) electrons. The van der Waals surface area contributed by atoms with Crippen molar-refractivity contribution in [1.82, 2.24) is 4.90 Å². The van der Waals surface area contributed by atoms with Crippen molar-refractivity contribution in [2.24, 2.45) is 39.6 Å². The first-order chi connectivity index (χ1) is 29.1. The molecular formula is C47H64N4O11. The Labute approximate surface area is 363 Å². The number of likely N-dealkylation sites (tertiary alicyclic amines) is 1. The zero-order chi connectivity index (χ0) is 45.6. The molecule has 62 heavy (non-hydrogen) atoms. The van der Waals surface area contributed by atoms with Gasteiger partial charge < -0.3 is 49.6 Å². The number of carbonyl (C=O) groups is 3. The van der Waals surface area contributed by atoms with E-state index in [1.807, 2.05) is 0 Å². The number of ether oxygens (including phenoxy) is 4. The van der Waals surface area contributed by atoms with Crippen molar-refractivity contribution in [3.63, 3.8) is 0 Å². The fourth-order valence-corrected chi connectivity index (χ4v) is 9.20. The number of nitrogens with zero attached hydrogens (tertiary/aromatic N) is 3. The lowest BCUT2D eigenvalue weighted by Crippen LogP contribution is -2.47. The minimum atomic E-state index is -1.95. The SMILES string of the molecule is COC1C=COC2(C)Oc3c(C)c(O)c4c(O)c(c5c(c4c3C2=O)NC2(CCN(CCC(C)C)CC2)N=5)=NC(=O)/C(C)=C\C=C/C(C)C(O)C(C)C(O)C(C)C(OC(C)=O)C1C. The van der Waals surface area contributed by atoms with Crippen LogP contribution in [0.3, 0.4) is 0 Å². The van der Waals surface area contributed by atoms with E-state index in [1.165, 1.54) is 27.2 Å². The molecule has 338 valence electrons. The van der Waals surface area contributed by atoms with Crippen molar-refractivity contribution in [3.05, 3.63) is 58.0 Å². The van der Waals surface area contributed by atoms with E-state index in [2.05, 4.69) is 29.1 Å². The molecule has 2 aromatic carbocycles. The van der Waals surface area contributed by atoms with Gasteiger partial charge in [-0.1, -0.05) is 59.8 Å². The number of nitrogens with one attached hydrogen (secondary N) is 1. The summed E-state index contributed by atoms with van der Waals surface area (Å²) in [6.45, 7) is 19.7. The first-order valence-corrected chi connectivity index (χ1v) is 21.7. The van der Waals surface area contributed by atoms with E-state index in [0.29, 0.717) is 24.4 Å². The molecule has 1 saturated heterocycles. The number of amides is 1. The lowest BCUT2D eigenvalue weighted by atomic mass is 9.78. The third-order valence-electron chi connectivity index (χ3n) is 13.3. The van der Waals surface area contributed by atoms with Crippen molar-refractivity contribution in [3.8, 4) is 17.2 Å². The number of phenols is 2. The van der Waals surface area contributed by atoms with Gasteiger partial charge in [0, 0.05) is 87.1 Å². The van der Waals surface area contributed by atoms with Crippen LogP contribution >= 0.6 is 0 Å². The Morgan fingerprint density at radius 1 is 0.984 bits per heavy atom. The number of anilines is 1. The number of aliphatic hydroxyl groups is 2. The van der Waals surface area contributed by atoms with Gasteiger partial charge in [-0.3, -0.25) is 19.4 Å². The van der Waals surface area contributed by atoms with Crippen molar-refractivity contribution < 1.29 is 53.8 Å². The molecule has 1 fully saturated rings. The molecule has 0 aliphatic carbocycles. The Morgan fingerprint density at radius 2 is 1.66 bits per heavy atom. The lowest BCUT2D eigenvalue weighted by molar-refractivity contribution is -0.160. The number of carbonyl (C=O) groups excluding carboxylic acids is 3. The van der Waals surface area contributed by atoms with Gasteiger partial charge in [0.05, 0.1) is 41.2 Å². The van der Waals surface area contributed by atoms with Gasteiger partial charge in [-0.05, 0) is 38.8 Å². The van der Waals surface area contributed by atoms with Gasteiger partial charge in [0.25, 0.3) is 11.7 Å². The lowest BCUT2D eigenvalue weighted by Gasteiger charge is -2.38. The van der Waals surface area contributed by atoms with Crippen LogP contribution in [0.15, 0.2) is 46.1 Å². The predicted octanol–water partition coefficient (Wildman–Crippen LogP) is 5.14. The summed E-state index contributed by atoms with van der Waals surface area (Å²) in [5.74, 6) is -6.47. The fraction of sp³-hybridized carbons (Fsp3) is 0.596. The van der Waals surface area contributed by atoms with E-state index in [1.54, 1.807) is 65.8 Å². The zero-order valence-electron chi connectivity index (χ0n) is 37.8.